The first-order valence-corrected chi connectivity index (χ1v) is 11.4. The molecule has 0 saturated carbocycles. The predicted octanol–water partition coefficient (Wildman–Crippen LogP) is 3.50. The number of hydrogen-bond acceptors (Lipinski definition) is 5. The Bertz CT molecular complexity index is 999. The Labute approximate surface area is 181 Å². The van der Waals surface area contributed by atoms with E-state index in [-0.39, 0.29) is 25.0 Å². The van der Waals surface area contributed by atoms with Gasteiger partial charge in [0.25, 0.3) is 0 Å². The number of hydrogen-bond donors (Lipinski definition) is 1. The largest absolute Gasteiger partial charge is 0.462 e. The molecule has 0 fully saturated rings. The van der Waals surface area contributed by atoms with Gasteiger partial charge < -0.3 is 14.6 Å². The molecule has 0 aliphatic heterocycles. The van der Waals surface area contributed by atoms with Gasteiger partial charge in [0.05, 0.1) is 23.3 Å². The van der Waals surface area contributed by atoms with Gasteiger partial charge in [-0.25, -0.2) is 4.98 Å². The van der Waals surface area contributed by atoms with Crippen molar-refractivity contribution in [3.05, 3.63) is 65.5 Å². The van der Waals surface area contributed by atoms with Gasteiger partial charge in [0.1, 0.15) is 19.0 Å². The number of rotatable bonds is 10. The first-order chi connectivity index (χ1) is 14.6. The number of ether oxygens (including phenoxy) is 1. The van der Waals surface area contributed by atoms with Crippen LogP contribution >= 0.6 is 11.8 Å². The minimum atomic E-state index is -0.339. The highest BCUT2D eigenvalue weighted by Crippen LogP contribution is 2.19. The van der Waals surface area contributed by atoms with Crippen molar-refractivity contribution in [2.24, 2.45) is 0 Å². The molecule has 158 valence electrons. The average molecular weight is 426 g/mol. The number of benzene rings is 2. The van der Waals surface area contributed by atoms with Gasteiger partial charge in [0.15, 0.2) is 0 Å². The molecule has 1 N–H and O–H groups in total. The number of carbonyl (C=O) groups is 2. The zero-order chi connectivity index (χ0) is 21.3. The van der Waals surface area contributed by atoms with Crippen LogP contribution in [0.4, 0.5) is 0 Å². The summed E-state index contributed by atoms with van der Waals surface area (Å²) in [5, 5.41) is 2.80. The molecule has 0 saturated heterocycles. The molecule has 0 bridgehead atoms. The molecule has 30 heavy (non-hydrogen) atoms. The Morgan fingerprint density at radius 3 is 2.67 bits per heavy atom. The maximum atomic E-state index is 12.3. The highest BCUT2D eigenvalue weighted by atomic mass is 32.2. The lowest BCUT2D eigenvalue weighted by Gasteiger charge is -2.10. The smallest absolute Gasteiger partial charge is 0.326 e. The van der Waals surface area contributed by atoms with E-state index in [1.165, 1.54) is 5.56 Å². The fourth-order valence-corrected chi connectivity index (χ4v) is 3.65. The Kier molecular flexibility index (Phi) is 7.90. The van der Waals surface area contributed by atoms with E-state index in [0.717, 1.165) is 28.2 Å². The van der Waals surface area contributed by atoms with Gasteiger partial charge in [-0.2, -0.15) is 11.8 Å². The van der Waals surface area contributed by atoms with Gasteiger partial charge in [-0.1, -0.05) is 42.0 Å². The van der Waals surface area contributed by atoms with Gasteiger partial charge in [-0.05, 0) is 37.3 Å². The van der Waals surface area contributed by atoms with Gasteiger partial charge in [-0.15, -0.1) is 0 Å². The van der Waals surface area contributed by atoms with Crippen molar-refractivity contribution in [2.75, 3.05) is 19.4 Å². The lowest BCUT2D eigenvalue weighted by atomic mass is 10.1. The second kappa shape index (κ2) is 10.8. The molecular formula is C23H27N3O3S. The van der Waals surface area contributed by atoms with Gasteiger partial charge in [0.2, 0.25) is 5.91 Å². The molecule has 0 aliphatic carbocycles. The first kappa shape index (κ1) is 21.9. The number of fused-ring (bicyclic) bond motifs is 1. The minimum absolute atomic E-state index is 0.0468. The highest BCUT2D eigenvalue weighted by Gasteiger charge is 2.14. The van der Waals surface area contributed by atoms with E-state index < -0.39 is 0 Å². The Balaban J connectivity index is 1.42. The topological polar surface area (TPSA) is 73.2 Å². The van der Waals surface area contributed by atoms with E-state index in [4.69, 9.17) is 4.74 Å². The van der Waals surface area contributed by atoms with Gasteiger partial charge >= 0.3 is 5.97 Å². The Morgan fingerprint density at radius 1 is 1.13 bits per heavy atom. The summed E-state index contributed by atoms with van der Waals surface area (Å²) in [5.74, 6) is 1.19. The van der Waals surface area contributed by atoms with Crippen LogP contribution in [-0.2, 0) is 33.0 Å². The molecule has 7 heteroatoms. The fraction of sp³-hybridized carbons (Fsp3) is 0.348. The van der Waals surface area contributed by atoms with Crippen molar-refractivity contribution in [1.29, 1.82) is 0 Å². The molecule has 0 aliphatic rings. The SMILES string of the molecule is CSCc1nc2ccccc2n1CC(=O)OCCNC(=O)CCc1ccc(C)cc1. The summed E-state index contributed by atoms with van der Waals surface area (Å²) in [5.41, 5.74) is 4.13. The van der Waals surface area contributed by atoms with Crippen molar-refractivity contribution in [3.8, 4) is 0 Å². The number of nitrogens with one attached hydrogen (secondary N) is 1. The number of aromatic nitrogens is 2. The average Bonchev–Trinajstić information content (AvgIpc) is 3.08. The van der Waals surface area contributed by atoms with Crippen LogP contribution < -0.4 is 5.32 Å². The van der Waals surface area contributed by atoms with Crippen molar-refractivity contribution in [3.63, 3.8) is 0 Å². The maximum absolute atomic E-state index is 12.3. The predicted molar refractivity (Wildman–Crippen MR) is 120 cm³/mol. The highest BCUT2D eigenvalue weighted by molar-refractivity contribution is 7.97. The molecule has 2 aromatic carbocycles. The van der Waals surface area contributed by atoms with Crippen LogP contribution in [0, 0.1) is 6.92 Å². The molecule has 0 radical (unpaired) electrons. The number of esters is 1. The standard InChI is InChI=1S/C23H27N3O3S/c1-17-7-9-18(10-8-17)11-12-22(27)24-13-14-29-23(28)15-26-20-6-4-3-5-19(20)25-21(26)16-30-2/h3-10H,11-16H2,1-2H3,(H,24,27). The zero-order valence-electron chi connectivity index (χ0n) is 17.4. The van der Waals surface area contributed by atoms with Crippen molar-refractivity contribution < 1.29 is 14.3 Å². The summed E-state index contributed by atoms with van der Waals surface area (Å²) in [6, 6.07) is 15.9. The van der Waals surface area contributed by atoms with E-state index in [9.17, 15) is 9.59 Å². The van der Waals surface area contributed by atoms with Crippen LogP contribution in [-0.4, -0.2) is 40.8 Å². The molecule has 0 unspecified atom stereocenters. The summed E-state index contributed by atoms with van der Waals surface area (Å²) in [6.07, 6.45) is 3.11. The van der Waals surface area contributed by atoms with Crippen LogP contribution in [0.25, 0.3) is 11.0 Å². The van der Waals surface area contributed by atoms with Gasteiger partial charge in [0, 0.05) is 6.42 Å². The van der Waals surface area contributed by atoms with E-state index in [0.29, 0.717) is 19.4 Å². The van der Waals surface area contributed by atoms with Crippen molar-refractivity contribution in [2.45, 2.75) is 32.1 Å². The van der Waals surface area contributed by atoms with Crippen LogP contribution in [0.3, 0.4) is 0 Å². The quantitative estimate of drug-likeness (QED) is 0.398. The number of para-hydroxylation sites is 2. The molecule has 1 amide bonds. The third-order valence-electron chi connectivity index (χ3n) is 4.74. The summed E-state index contributed by atoms with van der Waals surface area (Å²) in [7, 11) is 0. The second-order valence-electron chi connectivity index (χ2n) is 7.09. The molecule has 3 aromatic rings. The number of carbonyl (C=O) groups excluding carboxylic acids is 2. The number of thioether (sulfide) groups is 1. The third kappa shape index (κ3) is 6.10. The normalized spacial score (nSPS) is 10.9. The van der Waals surface area contributed by atoms with Crippen molar-refractivity contribution in [1.82, 2.24) is 14.9 Å². The minimum Gasteiger partial charge on any atom is -0.462 e. The second-order valence-corrected chi connectivity index (χ2v) is 7.96. The van der Waals surface area contributed by atoms with E-state index in [1.807, 2.05) is 66.3 Å². The number of imidazole rings is 1. The van der Waals surface area contributed by atoms with Gasteiger partial charge in [-0.3, -0.25) is 9.59 Å². The lowest BCUT2D eigenvalue weighted by molar-refractivity contribution is -0.144. The Morgan fingerprint density at radius 2 is 1.90 bits per heavy atom. The molecule has 6 nitrogen and oxygen atoms in total. The third-order valence-corrected chi connectivity index (χ3v) is 5.29. The summed E-state index contributed by atoms with van der Waals surface area (Å²) in [6.45, 7) is 2.61. The van der Waals surface area contributed by atoms with Crippen LogP contribution in [0.1, 0.15) is 23.4 Å². The van der Waals surface area contributed by atoms with Crippen LogP contribution in [0.15, 0.2) is 48.5 Å². The monoisotopic (exact) mass is 425 g/mol. The molecule has 0 spiro atoms. The number of amides is 1. The van der Waals surface area contributed by atoms with E-state index in [2.05, 4.69) is 10.3 Å². The number of aryl methyl sites for hydroxylation is 2. The summed E-state index contributed by atoms with van der Waals surface area (Å²) < 4.78 is 7.21. The molecule has 1 aromatic heterocycles. The maximum Gasteiger partial charge on any atom is 0.326 e. The van der Waals surface area contributed by atoms with E-state index in [1.54, 1.807) is 11.8 Å². The molecule has 3 rings (SSSR count). The molecular weight excluding hydrogens is 398 g/mol. The van der Waals surface area contributed by atoms with Crippen molar-refractivity contribution >= 4 is 34.7 Å². The molecule has 0 atom stereocenters. The van der Waals surface area contributed by atoms with Crippen LogP contribution in [0.2, 0.25) is 0 Å². The summed E-state index contributed by atoms with van der Waals surface area (Å²) >= 11 is 1.66. The Hall–Kier alpha value is -2.80. The first-order valence-electron chi connectivity index (χ1n) is 9.98. The zero-order valence-corrected chi connectivity index (χ0v) is 18.2. The lowest BCUT2D eigenvalue weighted by Crippen LogP contribution is -2.28. The number of nitrogens with zero attached hydrogens (tertiary/aromatic N) is 2. The van der Waals surface area contributed by atoms with Crippen LogP contribution in [0.5, 0.6) is 0 Å². The van der Waals surface area contributed by atoms with E-state index >= 15 is 0 Å². The summed E-state index contributed by atoms with van der Waals surface area (Å²) in [4.78, 5) is 28.9. The fourth-order valence-electron chi connectivity index (χ4n) is 3.17. The molecule has 1 heterocycles.